The normalized spacial score (nSPS) is 12.6. The van der Waals surface area contributed by atoms with Crippen molar-refractivity contribution in [3.8, 4) is 11.3 Å². The van der Waals surface area contributed by atoms with Crippen molar-refractivity contribution in [2.24, 2.45) is 0 Å². The summed E-state index contributed by atoms with van der Waals surface area (Å²) < 4.78 is 1.94. The predicted molar refractivity (Wildman–Crippen MR) is 91.1 cm³/mol. The van der Waals surface area contributed by atoms with Gasteiger partial charge in [-0.3, -0.25) is 4.68 Å². The summed E-state index contributed by atoms with van der Waals surface area (Å²) in [6.45, 7) is 14.1. The zero-order valence-corrected chi connectivity index (χ0v) is 13.4. The Balaban J connectivity index is 2.41. The van der Waals surface area contributed by atoms with Crippen molar-refractivity contribution in [3.63, 3.8) is 0 Å². The largest absolute Gasteiger partial charge is 0.251 e. The van der Waals surface area contributed by atoms with E-state index in [2.05, 4.69) is 37.0 Å². The molecular formula is C17H21N3Si. The highest BCUT2D eigenvalue weighted by Crippen LogP contribution is 2.28. The number of benzene rings is 1. The summed E-state index contributed by atoms with van der Waals surface area (Å²) in [5.41, 5.74) is 8.17. The monoisotopic (exact) mass is 295 g/mol. The van der Waals surface area contributed by atoms with Crippen LogP contribution in [0.2, 0.25) is 0 Å². The Hall–Kier alpha value is -2.20. The van der Waals surface area contributed by atoms with Gasteiger partial charge in [-0.1, -0.05) is 59.6 Å². The molecule has 1 heterocycles. The molecule has 21 heavy (non-hydrogen) atoms. The zero-order valence-electron chi connectivity index (χ0n) is 12.4. The Kier molecular flexibility index (Phi) is 4.70. The maximum Gasteiger partial charge on any atom is 0.150 e. The highest BCUT2D eigenvalue weighted by atomic mass is 28.3. The second-order valence-electron chi connectivity index (χ2n) is 4.99. The van der Waals surface area contributed by atoms with E-state index in [9.17, 15) is 0 Å². The van der Waals surface area contributed by atoms with E-state index in [4.69, 9.17) is 0 Å². The zero-order chi connectivity index (χ0) is 15.3. The first-order valence-electron chi connectivity index (χ1n) is 7.08. The Bertz CT molecular complexity index is 609. The minimum Gasteiger partial charge on any atom is -0.251 e. The van der Waals surface area contributed by atoms with E-state index in [0.717, 1.165) is 17.7 Å². The van der Waals surface area contributed by atoms with Gasteiger partial charge >= 0.3 is 0 Å². The number of rotatable bonds is 7. The fourth-order valence-corrected chi connectivity index (χ4v) is 5.21. The van der Waals surface area contributed by atoms with Crippen molar-refractivity contribution >= 4 is 8.07 Å². The maximum absolute atomic E-state index is 4.33. The topological polar surface area (TPSA) is 30.7 Å². The van der Waals surface area contributed by atoms with Crippen LogP contribution in [0.3, 0.4) is 0 Å². The fourth-order valence-electron chi connectivity index (χ4n) is 2.60. The second kappa shape index (κ2) is 6.50. The number of aromatic nitrogens is 3. The standard InChI is InChI=1S/C17H21N3Si/c1-5-17(21(6-2,7-3)8-4)20-14-16(18-19-20)15-12-10-9-11-13-15/h6-14,17H,2-5H2,1H3. The molecule has 108 valence electrons. The number of hydrogen-bond donors (Lipinski definition) is 0. The van der Waals surface area contributed by atoms with Crippen LogP contribution >= 0.6 is 0 Å². The van der Waals surface area contributed by atoms with Crippen LogP contribution in [0, 0.1) is 0 Å². The molecule has 0 fully saturated rings. The average molecular weight is 295 g/mol. The van der Waals surface area contributed by atoms with Crippen molar-refractivity contribution < 1.29 is 0 Å². The molecule has 0 saturated carbocycles. The quantitative estimate of drug-likeness (QED) is 0.721. The lowest BCUT2D eigenvalue weighted by Gasteiger charge is -2.29. The summed E-state index contributed by atoms with van der Waals surface area (Å²) >= 11 is 0. The molecule has 0 amide bonds. The van der Waals surface area contributed by atoms with E-state index in [0.29, 0.717) is 0 Å². The lowest BCUT2D eigenvalue weighted by molar-refractivity contribution is 0.540. The van der Waals surface area contributed by atoms with Crippen molar-refractivity contribution in [2.75, 3.05) is 0 Å². The van der Waals surface area contributed by atoms with Crippen LogP contribution in [0.25, 0.3) is 11.3 Å². The third-order valence-electron chi connectivity index (χ3n) is 3.92. The SMILES string of the molecule is C=C[Si](C=C)(C=C)C(CC)n1cc(-c2ccccc2)nn1. The molecule has 0 saturated heterocycles. The van der Waals surface area contributed by atoms with Crippen LogP contribution in [-0.4, -0.2) is 23.1 Å². The van der Waals surface area contributed by atoms with Gasteiger partial charge in [-0.05, 0) is 6.42 Å². The van der Waals surface area contributed by atoms with Crippen LogP contribution in [-0.2, 0) is 0 Å². The van der Waals surface area contributed by atoms with Crippen LogP contribution in [0.1, 0.15) is 19.0 Å². The molecule has 2 rings (SSSR count). The third kappa shape index (κ3) is 2.80. The summed E-state index contributed by atoms with van der Waals surface area (Å²) in [5.74, 6) is 0. The first-order valence-corrected chi connectivity index (χ1v) is 9.39. The van der Waals surface area contributed by atoms with Crippen LogP contribution in [0.5, 0.6) is 0 Å². The molecule has 4 heteroatoms. The van der Waals surface area contributed by atoms with Gasteiger partial charge < -0.3 is 0 Å². The lowest BCUT2D eigenvalue weighted by Crippen LogP contribution is -2.40. The molecule has 1 atom stereocenters. The number of hydrogen-bond acceptors (Lipinski definition) is 2. The van der Waals surface area contributed by atoms with Gasteiger partial charge in [-0.15, -0.1) is 24.8 Å². The molecule has 0 spiro atoms. The fraction of sp³-hybridized carbons (Fsp3) is 0.176. The molecule has 0 aliphatic carbocycles. The summed E-state index contributed by atoms with van der Waals surface area (Å²) in [7, 11) is -2.02. The van der Waals surface area contributed by atoms with E-state index >= 15 is 0 Å². The summed E-state index contributed by atoms with van der Waals surface area (Å²) in [4.78, 5) is 0. The smallest absolute Gasteiger partial charge is 0.150 e. The maximum atomic E-state index is 4.33. The van der Waals surface area contributed by atoms with Gasteiger partial charge in [0.15, 0.2) is 8.07 Å². The Labute approximate surface area is 127 Å². The van der Waals surface area contributed by atoms with Crippen LogP contribution in [0.15, 0.2) is 73.4 Å². The molecule has 0 N–H and O–H groups in total. The van der Waals surface area contributed by atoms with Gasteiger partial charge in [-0.25, -0.2) is 0 Å². The van der Waals surface area contributed by atoms with Crippen LogP contribution < -0.4 is 0 Å². The minimum atomic E-state index is -2.02. The summed E-state index contributed by atoms with van der Waals surface area (Å²) in [6.07, 6.45) is 2.94. The molecule has 1 aromatic carbocycles. The lowest BCUT2D eigenvalue weighted by atomic mass is 10.2. The Morgan fingerprint density at radius 3 is 2.29 bits per heavy atom. The van der Waals surface area contributed by atoms with Gasteiger partial charge in [0.2, 0.25) is 0 Å². The van der Waals surface area contributed by atoms with Gasteiger partial charge in [0.05, 0.1) is 11.9 Å². The van der Waals surface area contributed by atoms with E-state index in [1.165, 1.54) is 0 Å². The molecule has 0 aliphatic heterocycles. The summed E-state index contributed by atoms with van der Waals surface area (Å²) in [6, 6.07) is 10.1. The minimum absolute atomic E-state index is 0.204. The highest BCUT2D eigenvalue weighted by Gasteiger charge is 2.34. The van der Waals surface area contributed by atoms with Crippen molar-refractivity contribution in [3.05, 3.63) is 73.4 Å². The number of nitrogens with zero attached hydrogens (tertiary/aromatic N) is 3. The van der Waals surface area contributed by atoms with Crippen LogP contribution in [0.4, 0.5) is 0 Å². The molecule has 2 aromatic rings. The molecule has 3 nitrogen and oxygen atoms in total. The molecule has 0 radical (unpaired) electrons. The predicted octanol–water partition coefficient (Wildman–Crippen LogP) is 4.06. The first kappa shape index (κ1) is 15.2. The Morgan fingerprint density at radius 2 is 1.76 bits per heavy atom. The molecule has 1 aromatic heterocycles. The Morgan fingerprint density at radius 1 is 1.14 bits per heavy atom. The molecular weight excluding hydrogens is 274 g/mol. The van der Waals surface area contributed by atoms with Gasteiger partial charge in [0.1, 0.15) is 5.69 Å². The van der Waals surface area contributed by atoms with Crippen molar-refractivity contribution in [2.45, 2.75) is 19.0 Å². The molecule has 0 aliphatic rings. The van der Waals surface area contributed by atoms with Crippen molar-refractivity contribution in [1.29, 1.82) is 0 Å². The first-order chi connectivity index (χ1) is 10.2. The van der Waals surface area contributed by atoms with E-state index in [1.807, 2.05) is 58.3 Å². The van der Waals surface area contributed by atoms with E-state index in [1.54, 1.807) is 0 Å². The summed E-state index contributed by atoms with van der Waals surface area (Å²) in [5, 5.41) is 8.64. The van der Waals surface area contributed by atoms with E-state index < -0.39 is 8.07 Å². The molecule has 1 unspecified atom stereocenters. The molecule has 0 bridgehead atoms. The van der Waals surface area contributed by atoms with Crippen molar-refractivity contribution in [1.82, 2.24) is 15.0 Å². The van der Waals surface area contributed by atoms with Gasteiger partial charge in [0.25, 0.3) is 0 Å². The van der Waals surface area contributed by atoms with Gasteiger partial charge in [0, 0.05) is 5.56 Å². The highest BCUT2D eigenvalue weighted by molar-refractivity contribution is 6.93. The average Bonchev–Trinajstić information content (AvgIpc) is 3.03. The third-order valence-corrected chi connectivity index (χ3v) is 7.87. The van der Waals surface area contributed by atoms with Gasteiger partial charge in [-0.2, -0.15) is 0 Å². The van der Waals surface area contributed by atoms with E-state index in [-0.39, 0.29) is 5.67 Å². The second-order valence-corrected chi connectivity index (χ2v) is 8.88.